The van der Waals surface area contributed by atoms with E-state index < -0.39 is 0 Å². The van der Waals surface area contributed by atoms with E-state index in [1.807, 2.05) is 6.92 Å². The summed E-state index contributed by atoms with van der Waals surface area (Å²) in [5.74, 6) is 0.749. The lowest BCUT2D eigenvalue weighted by Gasteiger charge is -2.18. The molecular formula is C10H20N2O. The predicted molar refractivity (Wildman–Crippen MR) is 53.4 cm³/mol. The fraction of sp³-hybridized carbons (Fsp3) is 0.900. The molecule has 0 bridgehead atoms. The molecule has 1 unspecified atom stereocenters. The Morgan fingerprint density at radius 3 is 2.62 bits per heavy atom. The van der Waals surface area contributed by atoms with Gasteiger partial charge in [0.15, 0.2) is 0 Å². The molecule has 1 aliphatic rings. The standard InChI is InChI=1S/C10H20N2O/c1-7(2)8(3)10(13)12-9-4-5-11-6-9/h7-9,11H,4-6H2,1-3H3,(H,12,13)/t8?,9-/m0/s1. The first-order chi connectivity index (χ1) is 6.11. The average Bonchev–Trinajstić information content (AvgIpc) is 2.55. The van der Waals surface area contributed by atoms with Crippen molar-refractivity contribution < 1.29 is 4.79 Å². The molecule has 1 amide bonds. The van der Waals surface area contributed by atoms with Gasteiger partial charge in [0.25, 0.3) is 0 Å². The highest BCUT2D eigenvalue weighted by molar-refractivity contribution is 5.78. The molecule has 1 heterocycles. The molecule has 1 fully saturated rings. The van der Waals surface area contributed by atoms with Crippen molar-refractivity contribution in [1.29, 1.82) is 0 Å². The van der Waals surface area contributed by atoms with Gasteiger partial charge in [-0.1, -0.05) is 20.8 Å². The second-order valence-electron chi connectivity index (χ2n) is 4.23. The van der Waals surface area contributed by atoms with Gasteiger partial charge in [0.05, 0.1) is 0 Å². The molecule has 0 saturated carbocycles. The molecule has 0 spiro atoms. The zero-order valence-corrected chi connectivity index (χ0v) is 8.76. The topological polar surface area (TPSA) is 41.1 Å². The zero-order chi connectivity index (χ0) is 9.84. The lowest BCUT2D eigenvalue weighted by atomic mass is 9.97. The Kier molecular flexibility index (Phi) is 3.72. The van der Waals surface area contributed by atoms with E-state index in [4.69, 9.17) is 0 Å². The third kappa shape index (κ3) is 2.99. The second kappa shape index (κ2) is 4.61. The first kappa shape index (κ1) is 10.5. The van der Waals surface area contributed by atoms with E-state index in [0.717, 1.165) is 19.5 Å². The van der Waals surface area contributed by atoms with Crippen LogP contribution in [0, 0.1) is 11.8 Å². The van der Waals surface area contributed by atoms with Crippen LogP contribution in [0.1, 0.15) is 27.2 Å². The van der Waals surface area contributed by atoms with Crippen molar-refractivity contribution in [2.24, 2.45) is 11.8 Å². The monoisotopic (exact) mass is 184 g/mol. The first-order valence-electron chi connectivity index (χ1n) is 5.12. The lowest BCUT2D eigenvalue weighted by Crippen LogP contribution is -2.40. The molecule has 1 saturated heterocycles. The third-order valence-corrected chi connectivity index (χ3v) is 2.82. The molecule has 76 valence electrons. The molecule has 1 aliphatic heterocycles. The Bertz CT molecular complexity index is 174. The van der Waals surface area contributed by atoms with Crippen LogP contribution >= 0.6 is 0 Å². The Balaban J connectivity index is 2.31. The van der Waals surface area contributed by atoms with Gasteiger partial charge in [-0.25, -0.2) is 0 Å². The number of carbonyl (C=O) groups excluding carboxylic acids is 1. The summed E-state index contributed by atoms with van der Waals surface area (Å²) in [6.45, 7) is 8.11. The van der Waals surface area contributed by atoms with E-state index in [9.17, 15) is 4.79 Å². The quantitative estimate of drug-likeness (QED) is 0.680. The minimum absolute atomic E-state index is 0.126. The Hall–Kier alpha value is -0.570. The molecule has 0 aromatic carbocycles. The van der Waals surface area contributed by atoms with Gasteiger partial charge in [-0.05, 0) is 18.9 Å². The summed E-state index contributed by atoms with van der Waals surface area (Å²) in [7, 11) is 0. The second-order valence-corrected chi connectivity index (χ2v) is 4.23. The Labute approximate surface area is 80.3 Å². The molecule has 0 aliphatic carbocycles. The van der Waals surface area contributed by atoms with Crippen molar-refractivity contribution in [1.82, 2.24) is 10.6 Å². The molecule has 0 aromatic heterocycles. The maximum Gasteiger partial charge on any atom is 0.223 e. The molecule has 2 atom stereocenters. The van der Waals surface area contributed by atoms with Gasteiger partial charge in [-0.2, -0.15) is 0 Å². The molecule has 13 heavy (non-hydrogen) atoms. The fourth-order valence-electron chi connectivity index (χ4n) is 1.41. The van der Waals surface area contributed by atoms with Gasteiger partial charge in [-0.3, -0.25) is 4.79 Å². The van der Waals surface area contributed by atoms with Crippen LogP contribution in [0.2, 0.25) is 0 Å². The lowest BCUT2D eigenvalue weighted by molar-refractivity contribution is -0.126. The summed E-state index contributed by atoms with van der Waals surface area (Å²) in [4.78, 5) is 11.6. The highest BCUT2D eigenvalue weighted by Gasteiger charge is 2.21. The fourth-order valence-corrected chi connectivity index (χ4v) is 1.41. The van der Waals surface area contributed by atoms with Crippen molar-refractivity contribution in [2.75, 3.05) is 13.1 Å². The molecule has 2 N–H and O–H groups in total. The van der Waals surface area contributed by atoms with Crippen LogP contribution in [0.15, 0.2) is 0 Å². The molecule has 1 rings (SSSR count). The van der Waals surface area contributed by atoms with Crippen molar-refractivity contribution >= 4 is 5.91 Å². The smallest absolute Gasteiger partial charge is 0.223 e. The predicted octanol–water partition coefficient (Wildman–Crippen LogP) is 0.757. The molecule has 0 radical (unpaired) electrons. The first-order valence-corrected chi connectivity index (χ1v) is 5.12. The van der Waals surface area contributed by atoms with Crippen molar-refractivity contribution in [2.45, 2.75) is 33.2 Å². The van der Waals surface area contributed by atoms with E-state index in [1.54, 1.807) is 0 Å². The van der Waals surface area contributed by atoms with Gasteiger partial charge >= 0.3 is 0 Å². The third-order valence-electron chi connectivity index (χ3n) is 2.82. The molecule has 0 aromatic rings. The van der Waals surface area contributed by atoms with Crippen molar-refractivity contribution in [3.05, 3.63) is 0 Å². The minimum Gasteiger partial charge on any atom is -0.352 e. The van der Waals surface area contributed by atoms with Crippen LogP contribution in [-0.2, 0) is 4.79 Å². The van der Waals surface area contributed by atoms with Crippen LogP contribution in [0.25, 0.3) is 0 Å². The van der Waals surface area contributed by atoms with Crippen LogP contribution in [-0.4, -0.2) is 25.0 Å². The van der Waals surface area contributed by atoms with E-state index in [1.165, 1.54) is 0 Å². The number of amides is 1. The summed E-state index contributed by atoms with van der Waals surface area (Å²) >= 11 is 0. The van der Waals surface area contributed by atoms with Gasteiger partial charge in [0.2, 0.25) is 5.91 Å². The minimum atomic E-state index is 0.126. The SMILES string of the molecule is CC(C)C(C)C(=O)N[C@H]1CCNC1. The summed E-state index contributed by atoms with van der Waals surface area (Å²) in [5.41, 5.74) is 0. The largest absolute Gasteiger partial charge is 0.352 e. The summed E-state index contributed by atoms with van der Waals surface area (Å²) < 4.78 is 0. The van der Waals surface area contributed by atoms with Crippen LogP contribution < -0.4 is 10.6 Å². The Morgan fingerprint density at radius 1 is 1.46 bits per heavy atom. The highest BCUT2D eigenvalue weighted by atomic mass is 16.1. The van der Waals surface area contributed by atoms with E-state index >= 15 is 0 Å². The van der Waals surface area contributed by atoms with Crippen molar-refractivity contribution in [3.8, 4) is 0 Å². The normalized spacial score (nSPS) is 24.8. The van der Waals surface area contributed by atoms with Gasteiger partial charge in [-0.15, -0.1) is 0 Å². The average molecular weight is 184 g/mol. The van der Waals surface area contributed by atoms with Crippen LogP contribution in [0.3, 0.4) is 0 Å². The number of rotatable bonds is 3. The van der Waals surface area contributed by atoms with Crippen LogP contribution in [0.4, 0.5) is 0 Å². The zero-order valence-electron chi connectivity index (χ0n) is 8.76. The van der Waals surface area contributed by atoms with Gasteiger partial charge in [0, 0.05) is 18.5 Å². The maximum absolute atomic E-state index is 11.6. The Morgan fingerprint density at radius 2 is 2.15 bits per heavy atom. The summed E-state index contributed by atoms with van der Waals surface area (Å²) in [6, 6.07) is 0.355. The summed E-state index contributed by atoms with van der Waals surface area (Å²) in [5, 5.41) is 6.29. The van der Waals surface area contributed by atoms with Crippen LogP contribution in [0.5, 0.6) is 0 Å². The number of nitrogens with one attached hydrogen (secondary N) is 2. The summed E-state index contributed by atoms with van der Waals surface area (Å²) in [6.07, 6.45) is 1.07. The molecule has 3 heteroatoms. The maximum atomic E-state index is 11.6. The number of hydrogen-bond acceptors (Lipinski definition) is 2. The molecular weight excluding hydrogens is 164 g/mol. The number of hydrogen-bond donors (Lipinski definition) is 2. The van der Waals surface area contributed by atoms with E-state index in [-0.39, 0.29) is 11.8 Å². The molecule has 3 nitrogen and oxygen atoms in total. The highest BCUT2D eigenvalue weighted by Crippen LogP contribution is 2.10. The van der Waals surface area contributed by atoms with E-state index in [2.05, 4.69) is 24.5 Å². The van der Waals surface area contributed by atoms with Gasteiger partial charge < -0.3 is 10.6 Å². The number of carbonyl (C=O) groups is 1. The van der Waals surface area contributed by atoms with E-state index in [0.29, 0.717) is 12.0 Å². The van der Waals surface area contributed by atoms with Crippen molar-refractivity contribution in [3.63, 3.8) is 0 Å². The van der Waals surface area contributed by atoms with Gasteiger partial charge in [0.1, 0.15) is 0 Å².